The third kappa shape index (κ3) is 3.64. The largest absolute Gasteiger partial charge is 0.394 e. The van der Waals surface area contributed by atoms with Gasteiger partial charge in [-0.2, -0.15) is 4.98 Å². The molecule has 1 unspecified atom stereocenters. The normalized spacial score (nSPS) is 27.9. The van der Waals surface area contributed by atoms with Crippen molar-refractivity contribution < 1.29 is 20.1 Å². The number of aromatic nitrogens is 2. The van der Waals surface area contributed by atoms with Crippen molar-refractivity contribution in [3.8, 4) is 11.1 Å². The molecule has 3 heterocycles. The number of nitrogens with zero attached hydrogens (tertiary/aromatic N) is 2. The van der Waals surface area contributed by atoms with E-state index in [0.717, 1.165) is 11.1 Å². The molecule has 5 atom stereocenters. The summed E-state index contributed by atoms with van der Waals surface area (Å²) in [5.74, 6) is -1.18. The van der Waals surface area contributed by atoms with Gasteiger partial charge in [0.2, 0.25) is 5.95 Å². The van der Waals surface area contributed by atoms with Crippen LogP contribution < -0.4 is 26.8 Å². The molecule has 2 aliphatic heterocycles. The standard InChI is InChI=1S/C23H26N6O5/c1-23(27-14-9-7-13(8-10-14)12-5-3-2-4-6-12)28-16-19(25-22(24)26-20(16)33)29(23)21-18(32)17(31)15(11-30)34-21/h2-10,15,17-18,21,27-28,30-32H,11H2,1H3,(H3,24,25,26,33)/t15-,17-,18-,21-,23?/m1/s1. The highest BCUT2D eigenvalue weighted by Gasteiger charge is 2.54. The fraction of sp³-hybridized carbons (Fsp3) is 0.304. The number of hydrogen-bond acceptors (Lipinski definition) is 10. The maximum absolute atomic E-state index is 12.6. The van der Waals surface area contributed by atoms with E-state index in [1.54, 1.807) is 6.92 Å². The van der Waals surface area contributed by atoms with Gasteiger partial charge in [0.25, 0.3) is 5.56 Å². The molecule has 8 N–H and O–H groups in total. The molecule has 1 aromatic heterocycles. The number of H-pyrrole nitrogens is 1. The molecule has 0 amide bonds. The number of aliphatic hydroxyl groups is 3. The molecule has 1 saturated heterocycles. The third-order valence-electron chi connectivity index (χ3n) is 6.15. The average Bonchev–Trinajstić information content (AvgIpc) is 3.27. The number of nitrogen functional groups attached to an aromatic ring is 1. The number of nitrogens with one attached hydrogen (secondary N) is 3. The molecule has 34 heavy (non-hydrogen) atoms. The third-order valence-corrected chi connectivity index (χ3v) is 6.15. The molecular formula is C23H26N6O5. The summed E-state index contributed by atoms with van der Waals surface area (Å²) in [6.07, 6.45) is -4.84. The summed E-state index contributed by atoms with van der Waals surface area (Å²) in [5, 5.41) is 37.0. The van der Waals surface area contributed by atoms with Crippen LogP contribution in [-0.2, 0) is 4.74 Å². The number of rotatable bonds is 5. The minimum atomic E-state index is -1.38. The molecule has 2 aromatic carbocycles. The van der Waals surface area contributed by atoms with Crippen LogP contribution >= 0.6 is 0 Å². The number of ether oxygens (including phenoxy) is 1. The quantitative estimate of drug-likeness (QED) is 0.281. The van der Waals surface area contributed by atoms with E-state index in [1.165, 1.54) is 4.90 Å². The zero-order valence-electron chi connectivity index (χ0n) is 18.3. The van der Waals surface area contributed by atoms with E-state index >= 15 is 0 Å². The van der Waals surface area contributed by atoms with Crippen molar-refractivity contribution in [2.75, 3.05) is 27.9 Å². The molecule has 11 nitrogen and oxygen atoms in total. The number of aliphatic hydroxyl groups excluding tert-OH is 3. The zero-order valence-corrected chi connectivity index (χ0v) is 18.3. The van der Waals surface area contributed by atoms with Crippen molar-refractivity contribution in [3.63, 3.8) is 0 Å². The molecule has 178 valence electrons. The first-order valence-corrected chi connectivity index (χ1v) is 10.8. The Labute approximate surface area is 194 Å². The van der Waals surface area contributed by atoms with Crippen LogP contribution in [-0.4, -0.2) is 62.2 Å². The lowest BCUT2D eigenvalue weighted by molar-refractivity contribution is -0.0260. The van der Waals surface area contributed by atoms with Gasteiger partial charge in [-0.1, -0.05) is 42.5 Å². The number of anilines is 4. The maximum atomic E-state index is 12.6. The molecule has 1 fully saturated rings. The molecule has 0 bridgehead atoms. The Morgan fingerprint density at radius 1 is 1.12 bits per heavy atom. The van der Waals surface area contributed by atoms with Crippen LogP contribution in [0.15, 0.2) is 59.4 Å². The molecule has 2 aliphatic rings. The Morgan fingerprint density at radius 2 is 1.79 bits per heavy atom. The van der Waals surface area contributed by atoms with Gasteiger partial charge in [-0.25, -0.2) is 0 Å². The van der Waals surface area contributed by atoms with E-state index in [4.69, 9.17) is 10.5 Å². The minimum Gasteiger partial charge on any atom is -0.394 e. The van der Waals surface area contributed by atoms with Crippen molar-refractivity contribution in [2.45, 2.75) is 37.3 Å². The summed E-state index contributed by atoms with van der Waals surface area (Å²) in [7, 11) is 0. The van der Waals surface area contributed by atoms with Crippen molar-refractivity contribution in [2.24, 2.45) is 0 Å². The second-order valence-electron chi connectivity index (χ2n) is 8.51. The molecular weight excluding hydrogens is 440 g/mol. The van der Waals surface area contributed by atoms with Gasteiger partial charge in [-0.3, -0.25) is 14.7 Å². The highest BCUT2D eigenvalue weighted by Crippen LogP contribution is 2.41. The molecule has 0 saturated carbocycles. The van der Waals surface area contributed by atoms with Gasteiger partial charge < -0.3 is 36.4 Å². The Balaban J connectivity index is 1.51. The van der Waals surface area contributed by atoms with Crippen molar-refractivity contribution in [1.29, 1.82) is 0 Å². The van der Waals surface area contributed by atoms with Crippen LogP contribution in [0.2, 0.25) is 0 Å². The maximum Gasteiger partial charge on any atom is 0.278 e. The van der Waals surface area contributed by atoms with Gasteiger partial charge in [0, 0.05) is 5.69 Å². The average molecular weight is 466 g/mol. The summed E-state index contributed by atoms with van der Waals surface area (Å²) in [5.41, 5.74) is 8.24. The summed E-state index contributed by atoms with van der Waals surface area (Å²) < 4.78 is 5.77. The van der Waals surface area contributed by atoms with Crippen LogP contribution in [0.5, 0.6) is 0 Å². The molecule has 11 heteroatoms. The van der Waals surface area contributed by atoms with E-state index in [0.29, 0.717) is 5.69 Å². The van der Waals surface area contributed by atoms with E-state index < -0.39 is 42.5 Å². The van der Waals surface area contributed by atoms with Gasteiger partial charge in [0.15, 0.2) is 17.8 Å². The first-order chi connectivity index (χ1) is 16.3. The second-order valence-corrected chi connectivity index (χ2v) is 8.51. The van der Waals surface area contributed by atoms with Crippen molar-refractivity contribution in [1.82, 2.24) is 9.97 Å². The van der Waals surface area contributed by atoms with Gasteiger partial charge in [-0.05, 0) is 30.2 Å². The topological polar surface area (TPSA) is 169 Å². The number of hydrogen-bond donors (Lipinski definition) is 7. The fourth-order valence-electron chi connectivity index (χ4n) is 4.50. The van der Waals surface area contributed by atoms with Gasteiger partial charge in [-0.15, -0.1) is 0 Å². The van der Waals surface area contributed by atoms with Crippen LogP contribution in [0.1, 0.15) is 6.92 Å². The summed E-state index contributed by atoms with van der Waals surface area (Å²) >= 11 is 0. The first kappa shape index (κ1) is 22.2. The number of nitrogens with two attached hydrogens (primary N) is 1. The van der Waals surface area contributed by atoms with E-state index in [9.17, 15) is 20.1 Å². The number of aromatic amines is 1. The van der Waals surface area contributed by atoms with Crippen molar-refractivity contribution in [3.05, 3.63) is 65.0 Å². The smallest absolute Gasteiger partial charge is 0.278 e. The van der Waals surface area contributed by atoms with Crippen molar-refractivity contribution >= 4 is 23.1 Å². The predicted octanol–water partition coefficient (Wildman–Crippen LogP) is 0.476. The molecule has 0 aliphatic carbocycles. The summed E-state index contributed by atoms with van der Waals surface area (Å²) in [6.45, 7) is 1.25. The van der Waals surface area contributed by atoms with Crippen LogP contribution in [0.4, 0.5) is 23.1 Å². The highest BCUT2D eigenvalue weighted by atomic mass is 16.6. The van der Waals surface area contributed by atoms with E-state index in [1.807, 2.05) is 54.6 Å². The molecule has 3 aromatic rings. The summed E-state index contributed by atoms with van der Waals surface area (Å²) in [6, 6.07) is 17.6. The molecule has 0 spiro atoms. The molecule has 0 radical (unpaired) electrons. The Hall–Kier alpha value is -3.64. The zero-order chi connectivity index (χ0) is 24.0. The fourth-order valence-corrected chi connectivity index (χ4v) is 4.50. The predicted molar refractivity (Wildman–Crippen MR) is 127 cm³/mol. The highest BCUT2D eigenvalue weighted by molar-refractivity contribution is 5.77. The monoisotopic (exact) mass is 466 g/mol. The second kappa shape index (κ2) is 8.29. The minimum absolute atomic E-state index is 0.112. The Bertz CT molecular complexity index is 1240. The van der Waals surface area contributed by atoms with Crippen LogP contribution in [0.3, 0.4) is 0 Å². The Morgan fingerprint density at radius 3 is 2.44 bits per heavy atom. The van der Waals surface area contributed by atoms with Crippen LogP contribution in [0, 0.1) is 0 Å². The lowest BCUT2D eigenvalue weighted by atomic mass is 10.1. The van der Waals surface area contributed by atoms with Gasteiger partial charge in [0.1, 0.15) is 24.0 Å². The van der Waals surface area contributed by atoms with E-state index in [-0.39, 0.29) is 17.5 Å². The SMILES string of the molecule is CC1(Nc2ccc(-c3ccccc3)cc2)Nc2c(nc(N)[nH]c2=O)N1[C@@H]1O[C@H](CO)[C@@H](O)[C@H]1O. The lowest BCUT2D eigenvalue weighted by Gasteiger charge is -2.41. The Kier molecular flexibility index (Phi) is 5.41. The van der Waals surface area contributed by atoms with Gasteiger partial charge >= 0.3 is 0 Å². The number of benzene rings is 2. The summed E-state index contributed by atoms with van der Waals surface area (Å²) in [4.78, 5) is 20.8. The van der Waals surface area contributed by atoms with E-state index in [2.05, 4.69) is 20.6 Å². The molecule has 5 rings (SSSR count). The van der Waals surface area contributed by atoms with Crippen LogP contribution in [0.25, 0.3) is 11.1 Å². The first-order valence-electron chi connectivity index (χ1n) is 10.8. The lowest BCUT2D eigenvalue weighted by Crippen LogP contribution is -2.61. The number of fused-ring (bicyclic) bond motifs is 1. The van der Waals surface area contributed by atoms with Gasteiger partial charge in [0.05, 0.1) is 6.61 Å².